The predicted octanol–water partition coefficient (Wildman–Crippen LogP) is 2.82. The van der Waals surface area contributed by atoms with Crippen LogP contribution in [0.1, 0.15) is 25.4 Å². The van der Waals surface area contributed by atoms with Crippen molar-refractivity contribution in [2.24, 2.45) is 5.92 Å². The molecule has 1 rings (SSSR count). The molecule has 3 nitrogen and oxygen atoms in total. The first-order chi connectivity index (χ1) is 7.80. The lowest BCUT2D eigenvalue weighted by atomic mass is 10.1. The molecule has 96 valence electrons. The zero-order chi connectivity index (χ0) is 13.1. The maximum Gasteiger partial charge on any atom is 0.396 e. The summed E-state index contributed by atoms with van der Waals surface area (Å²) in [6, 6.07) is 1.68. The van der Waals surface area contributed by atoms with Crippen LogP contribution in [0.25, 0.3) is 0 Å². The van der Waals surface area contributed by atoms with Gasteiger partial charge in [-0.25, -0.2) is 9.97 Å². The Bertz CT molecular complexity index is 375. The quantitative estimate of drug-likeness (QED) is 0.889. The minimum absolute atomic E-state index is 0.181. The number of hydrogen-bond donors (Lipinski definition) is 1. The molecule has 1 N–H and O–H groups in total. The summed E-state index contributed by atoms with van der Waals surface area (Å²) in [6.45, 7) is 3.98. The fourth-order valence-corrected chi connectivity index (χ4v) is 1.46. The first kappa shape index (κ1) is 13.7. The van der Waals surface area contributed by atoms with Gasteiger partial charge in [0, 0.05) is 18.8 Å². The molecular weight excluding hydrogens is 231 g/mol. The Balaban J connectivity index is 2.97. The molecule has 0 aliphatic rings. The number of rotatable bonds is 4. The summed E-state index contributed by atoms with van der Waals surface area (Å²) in [5.74, 6) is 0.586. The minimum Gasteiger partial charge on any atom is -0.373 e. The average Bonchev–Trinajstić information content (AvgIpc) is 2.13. The molecule has 0 saturated carbocycles. The molecule has 6 heteroatoms. The van der Waals surface area contributed by atoms with E-state index in [2.05, 4.69) is 15.3 Å². The molecule has 0 aliphatic heterocycles. The number of alkyl halides is 3. The minimum atomic E-state index is -4.28. The van der Waals surface area contributed by atoms with Gasteiger partial charge in [0.15, 0.2) is 0 Å². The zero-order valence-electron chi connectivity index (χ0n) is 10.1. The van der Waals surface area contributed by atoms with Crippen LogP contribution in [0.3, 0.4) is 0 Å². The van der Waals surface area contributed by atoms with E-state index in [1.165, 1.54) is 0 Å². The van der Waals surface area contributed by atoms with Crippen LogP contribution < -0.4 is 5.32 Å². The zero-order valence-corrected chi connectivity index (χ0v) is 10.1. The van der Waals surface area contributed by atoms with Gasteiger partial charge < -0.3 is 5.32 Å². The standard InChI is InChI=1S/C11H16F3N3/c1-7(2)4-8-5-9(15-3)17-10(16-8)6-11(12,13)14/h5,7H,4,6H2,1-3H3,(H,15,16,17). The molecule has 0 unspecified atom stereocenters. The molecule has 0 radical (unpaired) electrons. The highest BCUT2D eigenvalue weighted by molar-refractivity contribution is 5.35. The Labute approximate surface area is 98.5 Å². The van der Waals surface area contributed by atoms with E-state index in [-0.39, 0.29) is 5.82 Å². The van der Waals surface area contributed by atoms with Crippen molar-refractivity contribution in [2.75, 3.05) is 12.4 Å². The number of aromatic nitrogens is 2. The Morgan fingerprint density at radius 1 is 1.29 bits per heavy atom. The third-order valence-corrected chi connectivity index (χ3v) is 2.06. The largest absolute Gasteiger partial charge is 0.396 e. The van der Waals surface area contributed by atoms with Crippen LogP contribution in [0.4, 0.5) is 19.0 Å². The molecule has 0 spiro atoms. The van der Waals surface area contributed by atoms with Crippen LogP contribution in [-0.4, -0.2) is 23.2 Å². The van der Waals surface area contributed by atoms with Crippen molar-refractivity contribution < 1.29 is 13.2 Å². The van der Waals surface area contributed by atoms with Crippen molar-refractivity contribution in [3.8, 4) is 0 Å². The van der Waals surface area contributed by atoms with Gasteiger partial charge in [-0.05, 0) is 12.3 Å². The second-order valence-electron chi connectivity index (χ2n) is 4.30. The van der Waals surface area contributed by atoms with Gasteiger partial charge in [-0.3, -0.25) is 0 Å². The van der Waals surface area contributed by atoms with Crippen LogP contribution in [-0.2, 0) is 12.8 Å². The van der Waals surface area contributed by atoms with Crippen molar-refractivity contribution in [3.05, 3.63) is 17.6 Å². The third kappa shape index (κ3) is 5.01. The lowest BCUT2D eigenvalue weighted by Gasteiger charge is -2.10. The first-order valence-corrected chi connectivity index (χ1v) is 5.41. The van der Waals surface area contributed by atoms with Crippen molar-refractivity contribution in [1.29, 1.82) is 0 Å². The second kappa shape index (κ2) is 5.33. The summed E-state index contributed by atoms with van der Waals surface area (Å²) in [5, 5.41) is 2.75. The van der Waals surface area contributed by atoms with Gasteiger partial charge in [0.25, 0.3) is 0 Å². The van der Waals surface area contributed by atoms with Crippen molar-refractivity contribution in [1.82, 2.24) is 9.97 Å². The molecule has 0 atom stereocenters. The van der Waals surface area contributed by atoms with E-state index >= 15 is 0 Å². The Kier molecular flexibility index (Phi) is 4.31. The fraction of sp³-hybridized carbons (Fsp3) is 0.636. The summed E-state index contributed by atoms with van der Waals surface area (Å²) in [5.41, 5.74) is 0.638. The topological polar surface area (TPSA) is 37.8 Å². The average molecular weight is 247 g/mol. The summed E-state index contributed by atoms with van der Waals surface area (Å²) in [7, 11) is 1.62. The molecule has 1 heterocycles. The van der Waals surface area contributed by atoms with Crippen LogP contribution in [0.5, 0.6) is 0 Å². The number of nitrogens with one attached hydrogen (secondary N) is 1. The lowest BCUT2D eigenvalue weighted by Crippen LogP contribution is -2.16. The van der Waals surface area contributed by atoms with Gasteiger partial charge >= 0.3 is 6.18 Å². The SMILES string of the molecule is CNc1cc(CC(C)C)nc(CC(F)(F)F)n1. The van der Waals surface area contributed by atoms with E-state index in [1.54, 1.807) is 13.1 Å². The molecule has 0 bridgehead atoms. The molecule has 0 aliphatic carbocycles. The summed E-state index contributed by atoms with van der Waals surface area (Å²) in [4.78, 5) is 7.74. The van der Waals surface area contributed by atoms with Crippen LogP contribution >= 0.6 is 0 Å². The van der Waals surface area contributed by atoms with Crippen LogP contribution in [0.15, 0.2) is 6.07 Å². The molecule has 0 aromatic carbocycles. The number of anilines is 1. The Morgan fingerprint density at radius 3 is 2.41 bits per heavy atom. The highest BCUT2D eigenvalue weighted by Crippen LogP contribution is 2.21. The van der Waals surface area contributed by atoms with Crippen molar-refractivity contribution >= 4 is 5.82 Å². The van der Waals surface area contributed by atoms with Gasteiger partial charge in [0.2, 0.25) is 0 Å². The van der Waals surface area contributed by atoms with Gasteiger partial charge in [0.05, 0.1) is 0 Å². The first-order valence-electron chi connectivity index (χ1n) is 5.41. The van der Waals surface area contributed by atoms with Crippen molar-refractivity contribution in [2.45, 2.75) is 32.9 Å². The molecule has 1 aromatic heterocycles. The monoisotopic (exact) mass is 247 g/mol. The summed E-state index contributed by atoms with van der Waals surface area (Å²) in [6.07, 6.45) is -4.73. The third-order valence-electron chi connectivity index (χ3n) is 2.06. The lowest BCUT2D eigenvalue weighted by molar-refractivity contribution is -0.128. The Hall–Kier alpha value is -1.33. The van der Waals surface area contributed by atoms with Crippen LogP contribution in [0, 0.1) is 5.92 Å². The predicted molar refractivity (Wildman–Crippen MR) is 59.9 cm³/mol. The maximum atomic E-state index is 12.3. The number of halogens is 3. The van der Waals surface area contributed by atoms with Gasteiger partial charge in [-0.1, -0.05) is 13.8 Å². The Morgan fingerprint density at radius 2 is 1.94 bits per heavy atom. The number of hydrogen-bond acceptors (Lipinski definition) is 3. The summed E-state index contributed by atoms with van der Waals surface area (Å²) < 4.78 is 36.8. The summed E-state index contributed by atoms with van der Waals surface area (Å²) >= 11 is 0. The van der Waals surface area contributed by atoms with E-state index in [9.17, 15) is 13.2 Å². The van der Waals surface area contributed by atoms with Gasteiger partial charge in [-0.2, -0.15) is 13.2 Å². The van der Waals surface area contributed by atoms with E-state index in [4.69, 9.17) is 0 Å². The second-order valence-corrected chi connectivity index (χ2v) is 4.30. The van der Waals surface area contributed by atoms with E-state index in [0.717, 1.165) is 0 Å². The van der Waals surface area contributed by atoms with Crippen LogP contribution in [0.2, 0.25) is 0 Å². The molecular formula is C11H16F3N3. The van der Waals surface area contributed by atoms with E-state index < -0.39 is 12.6 Å². The smallest absolute Gasteiger partial charge is 0.373 e. The van der Waals surface area contributed by atoms with Crippen molar-refractivity contribution in [3.63, 3.8) is 0 Å². The normalized spacial score (nSPS) is 11.9. The van der Waals surface area contributed by atoms with E-state index in [1.807, 2.05) is 13.8 Å². The maximum absolute atomic E-state index is 12.3. The molecule has 1 aromatic rings. The van der Waals surface area contributed by atoms with E-state index in [0.29, 0.717) is 23.9 Å². The highest BCUT2D eigenvalue weighted by atomic mass is 19.4. The van der Waals surface area contributed by atoms with Gasteiger partial charge in [-0.15, -0.1) is 0 Å². The highest BCUT2D eigenvalue weighted by Gasteiger charge is 2.29. The molecule has 0 fully saturated rings. The molecule has 17 heavy (non-hydrogen) atoms. The molecule has 0 amide bonds. The number of nitrogens with zero attached hydrogens (tertiary/aromatic N) is 2. The van der Waals surface area contributed by atoms with Gasteiger partial charge in [0.1, 0.15) is 18.1 Å². The fourth-order valence-electron chi connectivity index (χ4n) is 1.46. The molecule has 0 saturated heterocycles.